The molecule has 1 saturated heterocycles. The van der Waals surface area contributed by atoms with Crippen LogP contribution in [0.5, 0.6) is 0 Å². The topological polar surface area (TPSA) is 45.2 Å². The Labute approximate surface area is 118 Å². The lowest BCUT2D eigenvalue weighted by atomic mass is 9.86. The van der Waals surface area contributed by atoms with E-state index in [9.17, 15) is 4.79 Å². The average molecular weight is 280 g/mol. The number of likely N-dealkylation sites (tertiary alicyclic amines) is 1. The van der Waals surface area contributed by atoms with Crippen LogP contribution in [0.25, 0.3) is 0 Å². The molecule has 0 aromatic carbocycles. The number of nitrogens with zero attached hydrogens (tertiary/aromatic N) is 2. The number of amides is 2. The Balaban J connectivity index is 1.61. The zero-order chi connectivity index (χ0) is 13.3. The molecule has 0 radical (unpaired) electrons. The number of carbonyl (C=O) groups is 1. The van der Waals surface area contributed by atoms with Gasteiger partial charge < -0.3 is 10.2 Å². The second-order valence-electron chi connectivity index (χ2n) is 5.68. The van der Waals surface area contributed by atoms with Gasteiger partial charge in [0.2, 0.25) is 0 Å². The number of aromatic nitrogens is 1. The molecule has 0 bridgehead atoms. The van der Waals surface area contributed by atoms with Gasteiger partial charge in [0.15, 0.2) is 0 Å². The molecule has 1 aliphatic heterocycles. The van der Waals surface area contributed by atoms with Crippen LogP contribution in [0.15, 0.2) is 18.3 Å². The van der Waals surface area contributed by atoms with Gasteiger partial charge in [-0.25, -0.2) is 9.78 Å². The van der Waals surface area contributed by atoms with Crippen LogP contribution in [0.2, 0.25) is 5.15 Å². The fourth-order valence-electron chi connectivity index (χ4n) is 3.29. The highest BCUT2D eigenvalue weighted by atomic mass is 35.5. The van der Waals surface area contributed by atoms with Crippen LogP contribution in [-0.4, -0.2) is 29.0 Å². The Bertz CT molecular complexity index is 468. The van der Waals surface area contributed by atoms with E-state index < -0.39 is 0 Å². The SMILES string of the molecule is O=C(Nc1ccc(Cl)nc1)N1CCC2(CCCC2)C1. The predicted octanol–water partition coefficient (Wildman–Crippen LogP) is 3.53. The quantitative estimate of drug-likeness (QED) is 0.799. The molecule has 3 rings (SSSR count). The molecule has 2 fully saturated rings. The highest BCUT2D eigenvalue weighted by Crippen LogP contribution is 2.45. The zero-order valence-corrected chi connectivity index (χ0v) is 11.6. The Morgan fingerprint density at radius 2 is 2.11 bits per heavy atom. The number of hydrogen-bond acceptors (Lipinski definition) is 2. The molecule has 2 aliphatic rings. The van der Waals surface area contributed by atoms with E-state index in [1.54, 1.807) is 18.3 Å². The van der Waals surface area contributed by atoms with Gasteiger partial charge in [-0.05, 0) is 36.8 Å². The van der Waals surface area contributed by atoms with Gasteiger partial charge in [-0.3, -0.25) is 0 Å². The number of urea groups is 1. The molecular weight excluding hydrogens is 262 g/mol. The molecule has 19 heavy (non-hydrogen) atoms. The van der Waals surface area contributed by atoms with E-state index in [1.807, 2.05) is 4.90 Å². The molecule has 102 valence electrons. The van der Waals surface area contributed by atoms with Crippen molar-refractivity contribution >= 4 is 23.3 Å². The first-order valence-corrected chi connectivity index (χ1v) is 7.22. The summed E-state index contributed by atoms with van der Waals surface area (Å²) >= 11 is 5.72. The first-order valence-electron chi connectivity index (χ1n) is 6.84. The Morgan fingerprint density at radius 3 is 2.79 bits per heavy atom. The van der Waals surface area contributed by atoms with Crippen LogP contribution in [-0.2, 0) is 0 Å². The van der Waals surface area contributed by atoms with Crippen molar-refractivity contribution in [1.29, 1.82) is 0 Å². The standard InChI is InChI=1S/C14H18ClN3O/c15-12-4-3-11(9-16-12)17-13(19)18-8-7-14(10-18)5-1-2-6-14/h3-4,9H,1-2,5-8,10H2,(H,17,19). The van der Waals surface area contributed by atoms with Crippen LogP contribution < -0.4 is 5.32 Å². The summed E-state index contributed by atoms with van der Waals surface area (Å²) in [5.41, 5.74) is 1.11. The Morgan fingerprint density at radius 1 is 1.32 bits per heavy atom. The number of pyridine rings is 1. The van der Waals surface area contributed by atoms with Gasteiger partial charge in [0.05, 0.1) is 11.9 Å². The van der Waals surface area contributed by atoms with E-state index in [2.05, 4.69) is 10.3 Å². The van der Waals surface area contributed by atoms with Crippen LogP contribution in [0.3, 0.4) is 0 Å². The van der Waals surface area contributed by atoms with E-state index in [-0.39, 0.29) is 6.03 Å². The lowest BCUT2D eigenvalue weighted by molar-refractivity contribution is 0.213. The van der Waals surface area contributed by atoms with Gasteiger partial charge in [-0.2, -0.15) is 0 Å². The third kappa shape index (κ3) is 2.68. The van der Waals surface area contributed by atoms with Crippen molar-refractivity contribution in [3.63, 3.8) is 0 Å². The summed E-state index contributed by atoms with van der Waals surface area (Å²) in [5, 5.41) is 3.32. The normalized spacial score (nSPS) is 21.0. The van der Waals surface area contributed by atoms with Crippen molar-refractivity contribution in [1.82, 2.24) is 9.88 Å². The fraction of sp³-hybridized carbons (Fsp3) is 0.571. The monoisotopic (exact) mass is 279 g/mol. The molecule has 1 aliphatic carbocycles. The third-order valence-corrected chi connectivity index (χ3v) is 4.59. The molecule has 2 heterocycles. The summed E-state index contributed by atoms with van der Waals surface area (Å²) in [6, 6.07) is 3.43. The molecule has 1 spiro atoms. The summed E-state index contributed by atoms with van der Waals surface area (Å²) in [6.07, 6.45) is 7.92. The van der Waals surface area contributed by atoms with Crippen molar-refractivity contribution in [2.75, 3.05) is 18.4 Å². The minimum atomic E-state index is -0.0205. The Kier molecular flexibility index (Phi) is 3.35. The van der Waals surface area contributed by atoms with E-state index in [1.165, 1.54) is 25.7 Å². The second-order valence-corrected chi connectivity index (χ2v) is 6.07. The van der Waals surface area contributed by atoms with Gasteiger partial charge in [0.1, 0.15) is 5.15 Å². The molecular formula is C14H18ClN3O. The van der Waals surface area contributed by atoms with Gasteiger partial charge in [0.25, 0.3) is 0 Å². The largest absolute Gasteiger partial charge is 0.324 e. The summed E-state index contributed by atoms with van der Waals surface area (Å²) in [5.74, 6) is 0. The lowest BCUT2D eigenvalue weighted by Gasteiger charge is -2.23. The summed E-state index contributed by atoms with van der Waals surface area (Å²) in [7, 11) is 0. The maximum atomic E-state index is 12.2. The molecule has 1 N–H and O–H groups in total. The molecule has 1 aromatic rings. The highest BCUT2D eigenvalue weighted by Gasteiger charge is 2.41. The highest BCUT2D eigenvalue weighted by molar-refractivity contribution is 6.29. The number of halogens is 1. The number of carbonyl (C=O) groups excluding carboxylic acids is 1. The first-order chi connectivity index (χ1) is 9.17. The van der Waals surface area contributed by atoms with Crippen LogP contribution in [0.1, 0.15) is 32.1 Å². The van der Waals surface area contributed by atoms with Gasteiger partial charge in [-0.15, -0.1) is 0 Å². The third-order valence-electron chi connectivity index (χ3n) is 4.37. The minimum Gasteiger partial charge on any atom is -0.324 e. The van der Waals surface area contributed by atoms with Crippen molar-refractivity contribution in [3.8, 4) is 0 Å². The number of rotatable bonds is 1. The van der Waals surface area contributed by atoms with Gasteiger partial charge in [0, 0.05) is 13.1 Å². The van der Waals surface area contributed by atoms with Gasteiger partial charge in [-0.1, -0.05) is 24.4 Å². The minimum absolute atomic E-state index is 0.0205. The zero-order valence-electron chi connectivity index (χ0n) is 10.9. The lowest BCUT2D eigenvalue weighted by Crippen LogP contribution is -2.34. The van der Waals surface area contributed by atoms with E-state index in [4.69, 9.17) is 11.6 Å². The van der Waals surface area contributed by atoms with E-state index in [0.717, 1.165) is 19.5 Å². The molecule has 5 heteroatoms. The predicted molar refractivity (Wildman–Crippen MR) is 75.4 cm³/mol. The van der Waals surface area contributed by atoms with Crippen LogP contribution in [0, 0.1) is 5.41 Å². The Hall–Kier alpha value is -1.29. The summed E-state index contributed by atoms with van der Waals surface area (Å²) < 4.78 is 0. The van der Waals surface area contributed by atoms with Gasteiger partial charge >= 0.3 is 6.03 Å². The number of nitrogens with one attached hydrogen (secondary N) is 1. The van der Waals surface area contributed by atoms with E-state index in [0.29, 0.717) is 16.3 Å². The first kappa shape index (κ1) is 12.7. The van der Waals surface area contributed by atoms with Crippen LogP contribution in [0.4, 0.5) is 10.5 Å². The van der Waals surface area contributed by atoms with Crippen molar-refractivity contribution in [2.45, 2.75) is 32.1 Å². The molecule has 1 saturated carbocycles. The van der Waals surface area contributed by atoms with E-state index >= 15 is 0 Å². The second kappa shape index (κ2) is 5.00. The molecule has 0 atom stereocenters. The molecule has 2 amide bonds. The maximum absolute atomic E-state index is 12.2. The van der Waals surface area contributed by atoms with Crippen molar-refractivity contribution in [2.24, 2.45) is 5.41 Å². The molecule has 0 unspecified atom stereocenters. The average Bonchev–Trinajstić information content (AvgIpc) is 3.03. The molecule has 1 aromatic heterocycles. The summed E-state index contributed by atoms with van der Waals surface area (Å²) in [4.78, 5) is 18.1. The van der Waals surface area contributed by atoms with Crippen molar-refractivity contribution < 1.29 is 4.79 Å². The summed E-state index contributed by atoms with van der Waals surface area (Å²) in [6.45, 7) is 1.77. The number of hydrogen-bond donors (Lipinski definition) is 1. The molecule has 4 nitrogen and oxygen atoms in total. The smallest absolute Gasteiger partial charge is 0.321 e. The van der Waals surface area contributed by atoms with Crippen molar-refractivity contribution in [3.05, 3.63) is 23.5 Å². The number of anilines is 1. The fourth-order valence-corrected chi connectivity index (χ4v) is 3.41. The maximum Gasteiger partial charge on any atom is 0.321 e. The van der Waals surface area contributed by atoms with Crippen LogP contribution >= 0.6 is 11.6 Å².